The van der Waals surface area contributed by atoms with E-state index in [1.165, 1.54) is 4.90 Å². The first kappa shape index (κ1) is 11.9. The van der Waals surface area contributed by atoms with Crippen LogP contribution in [0, 0.1) is 0 Å². The van der Waals surface area contributed by atoms with Crippen LogP contribution in [0.1, 0.15) is 11.1 Å². The molecule has 0 spiro atoms. The van der Waals surface area contributed by atoms with Gasteiger partial charge in [-0.25, -0.2) is 4.99 Å². The van der Waals surface area contributed by atoms with Gasteiger partial charge in [0.15, 0.2) is 11.5 Å². The van der Waals surface area contributed by atoms with Crippen LogP contribution in [0.25, 0.3) is 0 Å². The van der Waals surface area contributed by atoms with Crippen LogP contribution in [0.15, 0.2) is 52.2 Å². The third-order valence-electron chi connectivity index (χ3n) is 3.37. The summed E-state index contributed by atoms with van der Waals surface area (Å²) in [6.45, 7) is 0. The summed E-state index contributed by atoms with van der Waals surface area (Å²) in [5.41, 5.74) is 6.52. The van der Waals surface area contributed by atoms with Crippen molar-refractivity contribution < 1.29 is 4.79 Å². The highest BCUT2D eigenvalue weighted by Gasteiger charge is 2.49. The normalized spacial score (nSPS) is 22.7. The molecule has 0 saturated carbocycles. The van der Waals surface area contributed by atoms with Crippen molar-refractivity contribution in [1.29, 1.82) is 0 Å². The quantitative estimate of drug-likeness (QED) is 0.905. The van der Waals surface area contributed by atoms with Gasteiger partial charge in [-0.1, -0.05) is 30.3 Å². The highest BCUT2D eigenvalue weighted by Crippen LogP contribution is 2.39. The van der Waals surface area contributed by atoms with Gasteiger partial charge in [-0.3, -0.25) is 9.69 Å². The van der Waals surface area contributed by atoms with E-state index in [-0.39, 0.29) is 11.9 Å². The van der Waals surface area contributed by atoms with Gasteiger partial charge >= 0.3 is 0 Å². The molecule has 19 heavy (non-hydrogen) atoms. The molecule has 0 bridgehead atoms. The van der Waals surface area contributed by atoms with Crippen molar-refractivity contribution in [2.24, 2.45) is 10.7 Å². The summed E-state index contributed by atoms with van der Waals surface area (Å²) in [5, 5.41) is 3.89. The molecule has 1 amide bonds. The van der Waals surface area contributed by atoms with E-state index < -0.39 is 5.54 Å². The van der Waals surface area contributed by atoms with Gasteiger partial charge in [0.2, 0.25) is 0 Å². The van der Waals surface area contributed by atoms with Crippen molar-refractivity contribution >= 4 is 23.2 Å². The Kier molecular flexibility index (Phi) is 2.64. The molecule has 2 aromatic rings. The van der Waals surface area contributed by atoms with E-state index in [0.29, 0.717) is 0 Å². The molecule has 4 nitrogen and oxygen atoms in total. The number of aliphatic imine (C=N–C) groups is 1. The predicted octanol–water partition coefficient (Wildman–Crippen LogP) is 1.78. The van der Waals surface area contributed by atoms with Crippen molar-refractivity contribution in [2.45, 2.75) is 5.54 Å². The lowest BCUT2D eigenvalue weighted by Crippen LogP contribution is -2.40. The largest absolute Gasteiger partial charge is 0.369 e. The number of benzene rings is 1. The Labute approximate surface area is 115 Å². The standard InChI is InChI=1S/C14H13N3OS/c1-17-12(18)14(16-13(17)15,11-7-8-19-9-11)10-5-3-2-4-6-10/h2-9H,1H3,(H2,15,16). The molecule has 0 fully saturated rings. The molecule has 3 rings (SSSR count). The third-order valence-corrected chi connectivity index (χ3v) is 4.05. The maximum Gasteiger partial charge on any atom is 0.266 e. The number of hydrogen-bond donors (Lipinski definition) is 1. The number of guanidine groups is 1. The van der Waals surface area contributed by atoms with E-state index in [4.69, 9.17) is 5.73 Å². The van der Waals surface area contributed by atoms with Gasteiger partial charge in [0.1, 0.15) is 0 Å². The number of amides is 1. The Balaban J connectivity index is 2.27. The van der Waals surface area contributed by atoms with Gasteiger partial charge in [0, 0.05) is 12.6 Å². The fourth-order valence-electron chi connectivity index (χ4n) is 2.33. The van der Waals surface area contributed by atoms with Gasteiger partial charge in [0.25, 0.3) is 5.91 Å². The molecule has 2 N–H and O–H groups in total. The molecular weight excluding hydrogens is 258 g/mol. The monoisotopic (exact) mass is 271 g/mol. The average Bonchev–Trinajstić information content (AvgIpc) is 3.04. The van der Waals surface area contributed by atoms with Crippen molar-refractivity contribution in [3.8, 4) is 0 Å². The van der Waals surface area contributed by atoms with Gasteiger partial charge in [-0.2, -0.15) is 11.3 Å². The van der Waals surface area contributed by atoms with Crippen LogP contribution in [-0.2, 0) is 10.3 Å². The second-order valence-corrected chi connectivity index (χ2v) is 5.20. The van der Waals surface area contributed by atoms with Crippen molar-refractivity contribution in [3.63, 3.8) is 0 Å². The third kappa shape index (κ3) is 1.58. The van der Waals surface area contributed by atoms with Gasteiger partial charge < -0.3 is 5.73 Å². The molecule has 1 unspecified atom stereocenters. The summed E-state index contributed by atoms with van der Waals surface area (Å²) in [7, 11) is 1.65. The Bertz CT molecular complexity index is 636. The predicted molar refractivity (Wildman–Crippen MR) is 75.9 cm³/mol. The van der Waals surface area contributed by atoms with Crippen LogP contribution >= 0.6 is 11.3 Å². The summed E-state index contributed by atoms with van der Waals surface area (Å²) in [6, 6.07) is 11.5. The molecule has 0 radical (unpaired) electrons. The molecule has 0 saturated heterocycles. The first-order valence-electron chi connectivity index (χ1n) is 5.88. The highest BCUT2D eigenvalue weighted by atomic mass is 32.1. The number of nitrogens with zero attached hydrogens (tertiary/aromatic N) is 2. The van der Waals surface area contributed by atoms with Crippen LogP contribution in [0.3, 0.4) is 0 Å². The number of carbonyl (C=O) groups excluding carboxylic acids is 1. The zero-order valence-corrected chi connectivity index (χ0v) is 11.2. The minimum absolute atomic E-state index is 0.116. The smallest absolute Gasteiger partial charge is 0.266 e. The lowest BCUT2D eigenvalue weighted by Gasteiger charge is -2.24. The van der Waals surface area contributed by atoms with Gasteiger partial charge in [-0.05, 0) is 22.4 Å². The lowest BCUT2D eigenvalue weighted by atomic mass is 9.84. The van der Waals surface area contributed by atoms with Crippen LogP contribution in [0.5, 0.6) is 0 Å². The highest BCUT2D eigenvalue weighted by molar-refractivity contribution is 7.08. The molecule has 1 aliphatic rings. The number of thiophene rings is 1. The molecule has 1 aromatic heterocycles. The van der Waals surface area contributed by atoms with Crippen molar-refractivity contribution in [3.05, 3.63) is 58.3 Å². The van der Waals surface area contributed by atoms with E-state index >= 15 is 0 Å². The topological polar surface area (TPSA) is 58.7 Å². The van der Waals surface area contributed by atoms with Crippen LogP contribution < -0.4 is 5.73 Å². The summed E-state index contributed by atoms with van der Waals surface area (Å²) < 4.78 is 0. The van der Waals surface area contributed by atoms with Crippen molar-refractivity contribution in [2.75, 3.05) is 7.05 Å². The van der Waals surface area contributed by atoms with Crippen LogP contribution in [-0.4, -0.2) is 23.8 Å². The van der Waals surface area contributed by atoms with Crippen LogP contribution in [0.2, 0.25) is 0 Å². The van der Waals surface area contributed by atoms with Gasteiger partial charge in [-0.15, -0.1) is 0 Å². The van der Waals surface area contributed by atoms with E-state index in [1.807, 2.05) is 47.2 Å². The Morgan fingerprint density at radius 3 is 2.47 bits per heavy atom. The number of nitrogens with two attached hydrogens (primary N) is 1. The van der Waals surface area contributed by atoms with E-state index in [9.17, 15) is 4.79 Å². The molecular formula is C14H13N3OS. The molecule has 1 atom stereocenters. The zero-order chi connectivity index (χ0) is 13.5. The maximum atomic E-state index is 12.7. The van der Waals surface area contributed by atoms with Crippen LogP contribution in [0.4, 0.5) is 0 Å². The lowest BCUT2D eigenvalue weighted by molar-refractivity contribution is -0.129. The first-order valence-corrected chi connectivity index (χ1v) is 6.82. The molecule has 1 aliphatic heterocycles. The van der Waals surface area contributed by atoms with E-state index in [0.717, 1.165) is 11.1 Å². The molecule has 1 aromatic carbocycles. The number of carbonyl (C=O) groups is 1. The zero-order valence-electron chi connectivity index (χ0n) is 10.4. The summed E-state index contributed by atoms with van der Waals surface area (Å²) in [6.07, 6.45) is 0. The van der Waals surface area contributed by atoms with E-state index in [2.05, 4.69) is 4.99 Å². The van der Waals surface area contributed by atoms with Crippen molar-refractivity contribution in [1.82, 2.24) is 4.90 Å². The number of likely N-dealkylation sites (N-methyl/N-ethyl adjacent to an activating group) is 1. The SMILES string of the molecule is CN1C(=O)C(c2ccccc2)(c2ccsc2)N=C1N. The Morgan fingerprint density at radius 1 is 1.21 bits per heavy atom. The minimum Gasteiger partial charge on any atom is -0.369 e. The van der Waals surface area contributed by atoms with E-state index in [1.54, 1.807) is 18.4 Å². The number of hydrogen-bond acceptors (Lipinski definition) is 4. The maximum absolute atomic E-state index is 12.7. The van der Waals surface area contributed by atoms with Gasteiger partial charge in [0.05, 0.1) is 0 Å². The summed E-state index contributed by atoms with van der Waals surface area (Å²) in [5.74, 6) is 0.134. The Hall–Kier alpha value is -2.14. The molecule has 0 aliphatic carbocycles. The average molecular weight is 271 g/mol. The summed E-state index contributed by atoms with van der Waals surface area (Å²) >= 11 is 1.54. The summed E-state index contributed by atoms with van der Waals surface area (Å²) in [4.78, 5) is 18.6. The molecule has 5 heteroatoms. The molecule has 96 valence electrons. The fraction of sp³-hybridized carbons (Fsp3) is 0.143. The second-order valence-electron chi connectivity index (χ2n) is 4.42. The molecule has 2 heterocycles. The minimum atomic E-state index is -1.03. The first-order chi connectivity index (χ1) is 9.16. The fourth-order valence-corrected chi connectivity index (χ4v) is 3.03. The Morgan fingerprint density at radius 2 is 1.95 bits per heavy atom. The number of rotatable bonds is 2. The second kappa shape index (κ2) is 4.20.